The lowest BCUT2D eigenvalue weighted by Gasteiger charge is -2.32. The Kier molecular flexibility index (Phi) is 5.55. The number of nitrogens with zero attached hydrogens (tertiary/aromatic N) is 1. The Morgan fingerprint density at radius 3 is 2.68 bits per heavy atom. The first-order valence-electron chi connectivity index (χ1n) is 5.56. The molecule has 0 bridgehead atoms. The molecular formula is C10H14F3NO5. The molecule has 1 fully saturated rings. The summed E-state index contributed by atoms with van der Waals surface area (Å²) in [6.07, 6.45) is -4.73. The van der Waals surface area contributed by atoms with Crippen molar-refractivity contribution in [2.75, 3.05) is 33.0 Å². The van der Waals surface area contributed by atoms with Gasteiger partial charge in [0.1, 0.15) is 6.61 Å². The lowest BCUT2D eigenvalue weighted by Crippen LogP contribution is -2.52. The average molecular weight is 285 g/mol. The van der Waals surface area contributed by atoms with Gasteiger partial charge in [-0.3, -0.25) is 4.79 Å². The van der Waals surface area contributed by atoms with Crippen LogP contribution in [-0.4, -0.2) is 67.1 Å². The summed E-state index contributed by atoms with van der Waals surface area (Å²) in [4.78, 5) is 23.6. The van der Waals surface area contributed by atoms with E-state index in [-0.39, 0.29) is 26.2 Å². The molecule has 0 aromatic rings. The number of carbonyl (C=O) groups excluding carboxylic acids is 1. The second kappa shape index (κ2) is 6.71. The highest BCUT2D eigenvalue weighted by Crippen LogP contribution is 2.15. The van der Waals surface area contributed by atoms with E-state index in [9.17, 15) is 22.8 Å². The Bertz CT molecular complexity index is 334. The van der Waals surface area contributed by atoms with E-state index >= 15 is 0 Å². The molecule has 1 aliphatic rings. The van der Waals surface area contributed by atoms with E-state index in [2.05, 4.69) is 4.74 Å². The topological polar surface area (TPSA) is 76.1 Å². The van der Waals surface area contributed by atoms with Crippen LogP contribution in [-0.2, 0) is 19.1 Å². The van der Waals surface area contributed by atoms with Crippen molar-refractivity contribution in [2.24, 2.45) is 0 Å². The summed E-state index contributed by atoms with van der Waals surface area (Å²) in [5, 5.41) is 8.88. The summed E-state index contributed by atoms with van der Waals surface area (Å²) < 4.78 is 44.6. The van der Waals surface area contributed by atoms with Gasteiger partial charge in [0.25, 0.3) is 0 Å². The zero-order chi connectivity index (χ0) is 14.5. The molecule has 1 unspecified atom stereocenters. The predicted molar refractivity (Wildman–Crippen MR) is 55.4 cm³/mol. The molecule has 6 nitrogen and oxygen atoms in total. The number of hydrogen-bond donors (Lipinski definition) is 1. The maximum absolute atomic E-state index is 11.8. The van der Waals surface area contributed by atoms with Crippen LogP contribution < -0.4 is 0 Å². The highest BCUT2D eigenvalue weighted by molar-refractivity contribution is 5.84. The van der Waals surface area contributed by atoms with Gasteiger partial charge < -0.3 is 19.5 Å². The van der Waals surface area contributed by atoms with Crippen LogP contribution >= 0.6 is 0 Å². The van der Waals surface area contributed by atoms with E-state index in [1.165, 1.54) is 0 Å². The molecular weight excluding hydrogens is 271 g/mol. The minimum Gasteiger partial charge on any atom is -0.480 e. The summed E-state index contributed by atoms with van der Waals surface area (Å²) in [5.41, 5.74) is 0. The van der Waals surface area contributed by atoms with E-state index in [1.807, 2.05) is 0 Å². The van der Waals surface area contributed by atoms with Crippen LogP contribution in [0.5, 0.6) is 0 Å². The molecule has 0 aliphatic carbocycles. The van der Waals surface area contributed by atoms with Crippen LogP contribution in [0.1, 0.15) is 6.42 Å². The lowest BCUT2D eigenvalue weighted by molar-refractivity contribution is -0.176. The van der Waals surface area contributed by atoms with Gasteiger partial charge in [0, 0.05) is 6.54 Å². The van der Waals surface area contributed by atoms with E-state index in [4.69, 9.17) is 9.84 Å². The number of carboxylic acid groups (broad SMARTS) is 1. The van der Waals surface area contributed by atoms with Crippen LogP contribution in [0.2, 0.25) is 0 Å². The highest BCUT2D eigenvalue weighted by atomic mass is 19.4. The molecule has 1 N–H and O–H groups in total. The molecule has 9 heteroatoms. The minimum absolute atomic E-state index is 0.106. The summed E-state index contributed by atoms with van der Waals surface area (Å²) in [6.45, 7) is -1.63. The molecule has 1 aliphatic heterocycles. The first kappa shape index (κ1) is 15.7. The fourth-order valence-electron chi connectivity index (χ4n) is 1.60. The largest absolute Gasteiger partial charge is 0.480 e. The third kappa shape index (κ3) is 5.43. The maximum atomic E-state index is 11.8. The molecule has 0 aromatic heterocycles. The third-order valence-electron chi connectivity index (χ3n) is 2.46. The van der Waals surface area contributed by atoms with Gasteiger partial charge in [0.2, 0.25) is 5.91 Å². The summed E-state index contributed by atoms with van der Waals surface area (Å²) in [5.74, 6) is -1.76. The van der Waals surface area contributed by atoms with Crippen LogP contribution in [0.4, 0.5) is 13.2 Å². The monoisotopic (exact) mass is 285 g/mol. The number of alkyl halides is 3. The minimum atomic E-state index is -4.44. The van der Waals surface area contributed by atoms with Gasteiger partial charge in [0.05, 0.1) is 26.2 Å². The Hall–Kier alpha value is -1.35. The first-order valence-corrected chi connectivity index (χ1v) is 5.56. The quantitative estimate of drug-likeness (QED) is 0.734. The van der Waals surface area contributed by atoms with Crippen molar-refractivity contribution in [3.63, 3.8) is 0 Å². The second-order valence-electron chi connectivity index (χ2n) is 3.93. The van der Waals surface area contributed by atoms with Crippen LogP contribution in [0.15, 0.2) is 0 Å². The van der Waals surface area contributed by atoms with Gasteiger partial charge in [0.15, 0.2) is 6.04 Å². The van der Waals surface area contributed by atoms with Crippen LogP contribution in [0, 0.1) is 0 Å². The first-order chi connectivity index (χ1) is 8.81. The summed E-state index contributed by atoms with van der Waals surface area (Å²) in [7, 11) is 0. The van der Waals surface area contributed by atoms with Gasteiger partial charge in [-0.1, -0.05) is 0 Å². The number of carbonyl (C=O) groups is 2. The molecule has 110 valence electrons. The number of amides is 1. The number of ether oxygens (including phenoxy) is 2. The van der Waals surface area contributed by atoms with Crippen LogP contribution in [0.3, 0.4) is 0 Å². The fraction of sp³-hybridized carbons (Fsp3) is 0.800. The number of hydrogen-bond acceptors (Lipinski definition) is 4. The second-order valence-corrected chi connectivity index (χ2v) is 3.93. The Morgan fingerprint density at radius 1 is 1.42 bits per heavy atom. The average Bonchev–Trinajstić information content (AvgIpc) is 2.33. The van der Waals surface area contributed by atoms with E-state index in [0.717, 1.165) is 4.90 Å². The van der Waals surface area contributed by atoms with Crippen molar-refractivity contribution in [1.29, 1.82) is 0 Å². The maximum Gasteiger partial charge on any atom is 0.411 e. The summed E-state index contributed by atoms with van der Waals surface area (Å²) in [6, 6.07) is -1.09. The number of rotatable bonds is 5. The van der Waals surface area contributed by atoms with Crippen LogP contribution in [0.25, 0.3) is 0 Å². The molecule has 0 spiro atoms. The molecule has 0 radical (unpaired) electrons. The highest BCUT2D eigenvalue weighted by Gasteiger charge is 2.32. The van der Waals surface area contributed by atoms with Crippen molar-refractivity contribution in [3.05, 3.63) is 0 Å². The third-order valence-corrected chi connectivity index (χ3v) is 2.46. The van der Waals surface area contributed by atoms with Crippen molar-refractivity contribution in [3.8, 4) is 0 Å². The molecule has 1 amide bonds. The SMILES string of the molecule is O=C(O)C1COCCN1C(=O)CCOCC(F)(F)F. The van der Waals surface area contributed by atoms with E-state index < -0.39 is 37.3 Å². The van der Waals surface area contributed by atoms with Crippen molar-refractivity contribution in [2.45, 2.75) is 18.6 Å². The number of halogens is 3. The standard InChI is InChI=1S/C10H14F3NO5/c11-10(12,13)6-19-3-1-8(15)14-2-4-18-5-7(14)9(16)17/h7H,1-6H2,(H,16,17). The Labute approximate surface area is 107 Å². The Morgan fingerprint density at radius 2 is 2.11 bits per heavy atom. The predicted octanol–water partition coefficient (Wildman–Crippen LogP) is 0.267. The smallest absolute Gasteiger partial charge is 0.411 e. The molecule has 1 saturated heterocycles. The molecule has 19 heavy (non-hydrogen) atoms. The fourth-order valence-corrected chi connectivity index (χ4v) is 1.60. The van der Waals surface area contributed by atoms with E-state index in [0.29, 0.717) is 0 Å². The molecule has 1 rings (SSSR count). The number of carboxylic acids is 1. The number of aliphatic carboxylic acids is 1. The van der Waals surface area contributed by atoms with Crippen molar-refractivity contribution >= 4 is 11.9 Å². The molecule has 1 atom stereocenters. The zero-order valence-corrected chi connectivity index (χ0v) is 9.98. The van der Waals surface area contributed by atoms with Gasteiger partial charge >= 0.3 is 12.1 Å². The number of morpholine rings is 1. The normalized spacial score (nSPS) is 20.4. The molecule has 0 saturated carbocycles. The molecule has 1 heterocycles. The Balaban J connectivity index is 2.37. The summed E-state index contributed by atoms with van der Waals surface area (Å²) >= 11 is 0. The van der Waals surface area contributed by atoms with Crippen molar-refractivity contribution in [1.82, 2.24) is 4.90 Å². The van der Waals surface area contributed by atoms with Gasteiger partial charge in [-0.05, 0) is 0 Å². The van der Waals surface area contributed by atoms with Gasteiger partial charge in [-0.25, -0.2) is 4.79 Å². The van der Waals surface area contributed by atoms with Gasteiger partial charge in [-0.2, -0.15) is 13.2 Å². The van der Waals surface area contributed by atoms with Crippen molar-refractivity contribution < 1.29 is 37.3 Å². The van der Waals surface area contributed by atoms with Gasteiger partial charge in [-0.15, -0.1) is 0 Å². The van der Waals surface area contributed by atoms with E-state index in [1.54, 1.807) is 0 Å². The zero-order valence-electron chi connectivity index (χ0n) is 9.98. The lowest BCUT2D eigenvalue weighted by atomic mass is 10.2. The molecule has 0 aromatic carbocycles.